The number of ketones is 1. The number of urea groups is 1. The molecule has 50 heavy (non-hydrogen) atoms. The largest absolute Gasteiger partial charge is 0.346 e. The highest BCUT2D eigenvalue weighted by molar-refractivity contribution is 7.92. The SMILES string of the molecule is C=CCNC(=O)C(=O)[C@H](CCC1CC1)NC(=O)[C@@H]1[C@@H]2[C@H](CN1C(=O)[C@@H](NC(=O)NC1([C@H]3CCCCS3(=O)=O)CCCCC1)C(C)(C)C)C2(C)C. The number of fused-ring (bicyclic) bond motifs is 1. The molecule has 0 aromatic heterocycles. The van der Waals surface area contributed by atoms with Gasteiger partial charge in [-0.2, -0.15) is 0 Å². The van der Waals surface area contributed by atoms with Crippen LogP contribution < -0.4 is 21.3 Å². The first-order valence-corrected chi connectivity index (χ1v) is 20.5. The first-order valence-electron chi connectivity index (χ1n) is 18.8. The Morgan fingerprint density at radius 3 is 2.24 bits per heavy atom. The summed E-state index contributed by atoms with van der Waals surface area (Å²) < 4.78 is 26.6. The Bertz CT molecular complexity index is 1460. The van der Waals surface area contributed by atoms with Crippen LogP contribution in [0.25, 0.3) is 0 Å². The number of nitrogens with zero attached hydrogens (tertiary/aromatic N) is 1. The Morgan fingerprint density at radius 2 is 1.64 bits per heavy atom. The van der Waals surface area contributed by atoms with Gasteiger partial charge in [0.15, 0.2) is 9.84 Å². The maximum Gasteiger partial charge on any atom is 0.315 e. The van der Waals surface area contributed by atoms with Gasteiger partial charge in [-0.25, -0.2) is 13.2 Å². The van der Waals surface area contributed by atoms with E-state index in [0.29, 0.717) is 51.0 Å². The molecule has 2 saturated heterocycles. The molecule has 5 amide bonds. The molecule has 4 N–H and O–H groups in total. The van der Waals surface area contributed by atoms with Gasteiger partial charge in [-0.05, 0) is 67.1 Å². The lowest BCUT2D eigenvalue weighted by Gasteiger charge is -2.45. The molecule has 0 unspecified atom stereocenters. The number of amides is 5. The van der Waals surface area contributed by atoms with Crippen molar-refractivity contribution in [2.45, 2.75) is 141 Å². The van der Waals surface area contributed by atoms with Crippen LogP contribution in [-0.2, 0) is 29.0 Å². The third-order valence-electron chi connectivity index (χ3n) is 12.3. The number of carbonyl (C=O) groups excluding carboxylic acids is 5. The summed E-state index contributed by atoms with van der Waals surface area (Å²) in [5.41, 5.74) is -1.84. The van der Waals surface area contributed by atoms with Crippen molar-refractivity contribution >= 4 is 39.4 Å². The summed E-state index contributed by atoms with van der Waals surface area (Å²) in [6, 6.07) is -3.49. The van der Waals surface area contributed by atoms with Crippen molar-refractivity contribution in [2.24, 2.45) is 28.6 Å². The van der Waals surface area contributed by atoms with E-state index in [1.807, 2.05) is 20.8 Å². The smallest absolute Gasteiger partial charge is 0.315 e. The van der Waals surface area contributed by atoms with E-state index in [1.54, 1.807) is 4.90 Å². The summed E-state index contributed by atoms with van der Waals surface area (Å²) in [5.74, 6) is -1.85. The molecule has 0 radical (unpaired) electrons. The fraction of sp³-hybridized carbons (Fsp3) is 0.811. The molecule has 5 rings (SSSR count). The molecule has 5 fully saturated rings. The number of carbonyl (C=O) groups is 5. The monoisotopic (exact) mass is 717 g/mol. The van der Waals surface area contributed by atoms with Gasteiger partial charge in [0.2, 0.25) is 17.6 Å². The van der Waals surface area contributed by atoms with Crippen LogP contribution in [0, 0.1) is 28.6 Å². The van der Waals surface area contributed by atoms with Crippen molar-refractivity contribution in [3.8, 4) is 0 Å². The van der Waals surface area contributed by atoms with Crippen LogP contribution in [0.15, 0.2) is 12.7 Å². The predicted octanol–water partition coefficient (Wildman–Crippen LogP) is 3.40. The van der Waals surface area contributed by atoms with Crippen LogP contribution in [-0.4, -0.2) is 90.6 Å². The number of nitrogens with one attached hydrogen (secondary N) is 4. The average molecular weight is 718 g/mol. The second-order valence-electron chi connectivity index (χ2n) is 17.3. The van der Waals surface area contributed by atoms with Crippen molar-refractivity contribution in [2.75, 3.05) is 18.8 Å². The Labute approximate surface area is 298 Å². The van der Waals surface area contributed by atoms with E-state index in [2.05, 4.69) is 41.7 Å². The zero-order chi connectivity index (χ0) is 36.6. The van der Waals surface area contributed by atoms with Gasteiger partial charge in [0, 0.05) is 13.1 Å². The molecule has 3 aliphatic carbocycles. The van der Waals surface area contributed by atoms with E-state index in [9.17, 15) is 32.4 Å². The number of hydrogen-bond donors (Lipinski definition) is 4. The molecule has 0 aromatic rings. The zero-order valence-corrected chi connectivity index (χ0v) is 31.5. The number of likely N-dealkylation sites (tertiary alicyclic amines) is 1. The molecular formula is C37H59N5O7S. The summed E-state index contributed by atoms with van der Waals surface area (Å²) in [4.78, 5) is 70.0. The van der Waals surface area contributed by atoms with Crippen LogP contribution in [0.4, 0.5) is 4.79 Å². The van der Waals surface area contributed by atoms with E-state index in [1.165, 1.54) is 6.08 Å². The number of Topliss-reactive ketones (excluding diaryl/α,β-unsaturated/α-hetero) is 1. The van der Waals surface area contributed by atoms with Crippen molar-refractivity contribution in [3.05, 3.63) is 12.7 Å². The molecule has 0 aromatic carbocycles. The Hall–Kier alpha value is -2.96. The lowest BCUT2D eigenvalue weighted by molar-refractivity contribution is -0.145. The third kappa shape index (κ3) is 8.07. The Kier molecular flexibility index (Phi) is 11.2. The topological polar surface area (TPSA) is 171 Å². The number of sulfone groups is 1. The van der Waals surface area contributed by atoms with Gasteiger partial charge in [0.25, 0.3) is 5.91 Å². The van der Waals surface area contributed by atoms with Crippen LogP contribution in [0.5, 0.6) is 0 Å². The van der Waals surface area contributed by atoms with E-state index in [0.717, 1.165) is 38.5 Å². The second kappa shape index (κ2) is 14.6. The van der Waals surface area contributed by atoms with Crippen LogP contribution in [0.1, 0.15) is 112 Å². The molecule has 0 bridgehead atoms. The quantitative estimate of drug-likeness (QED) is 0.167. The summed E-state index contributed by atoms with van der Waals surface area (Å²) in [7, 11) is -3.39. The number of hydrogen-bond acceptors (Lipinski definition) is 7. The minimum absolute atomic E-state index is 0.0650. The second-order valence-corrected chi connectivity index (χ2v) is 19.6. The molecule has 2 aliphatic heterocycles. The molecular weight excluding hydrogens is 659 g/mol. The van der Waals surface area contributed by atoms with Gasteiger partial charge in [0.05, 0.1) is 22.6 Å². The molecule has 3 saturated carbocycles. The minimum Gasteiger partial charge on any atom is -0.346 e. The standard InChI is InChI=1S/C37H59N5O7S/c1-7-20-38-32(45)29(43)25(17-16-23-14-15-23)39-31(44)28-27-24(36(27,5)6)22-42(28)33(46)30(35(2,3)4)40-34(47)41-37(18-10-8-11-19-37)26-13-9-12-21-50(26,48)49/h7,23-28,30H,1,8-22H2,2-6H3,(H,38,45)(H,39,44)(H2,40,41,47)/t24-,25-,26+,27-,28-,30+/m0/s1. The third-order valence-corrected chi connectivity index (χ3v) is 14.7. The lowest BCUT2D eigenvalue weighted by atomic mass is 9.77. The fourth-order valence-electron chi connectivity index (χ4n) is 9.05. The molecule has 0 spiro atoms. The van der Waals surface area contributed by atoms with E-state index in [4.69, 9.17) is 0 Å². The van der Waals surface area contributed by atoms with E-state index >= 15 is 0 Å². The summed E-state index contributed by atoms with van der Waals surface area (Å²) in [6.45, 7) is 13.7. The molecule has 13 heteroatoms. The number of rotatable bonds is 13. The highest BCUT2D eigenvalue weighted by Crippen LogP contribution is 2.65. The molecule has 5 aliphatic rings. The van der Waals surface area contributed by atoms with Crippen molar-refractivity contribution < 1.29 is 32.4 Å². The van der Waals surface area contributed by atoms with E-state index < -0.39 is 73.7 Å². The minimum atomic E-state index is -3.39. The molecule has 280 valence electrons. The van der Waals surface area contributed by atoms with Crippen molar-refractivity contribution in [1.29, 1.82) is 0 Å². The fourth-order valence-corrected chi connectivity index (χ4v) is 11.4. The average Bonchev–Trinajstić information content (AvgIpc) is 3.91. The maximum atomic E-state index is 14.5. The zero-order valence-electron chi connectivity index (χ0n) is 30.6. The van der Waals surface area contributed by atoms with Crippen LogP contribution in [0.3, 0.4) is 0 Å². The first kappa shape index (κ1) is 38.3. The lowest BCUT2D eigenvalue weighted by Crippen LogP contribution is -2.66. The van der Waals surface area contributed by atoms with Gasteiger partial charge in [-0.3, -0.25) is 19.2 Å². The first-order chi connectivity index (χ1) is 23.4. The van der Waals surface area contributed by atoms with Gasteiger partial charge >= 0.3 is 6.03 Å². The molecule has 12 nitrogen and oxygen atoms in total. The van der Waals surface area contributed by atoms with Crippen LogP contribution >= 0.6 is 0 Å². The summed E-state index contributed by atoms with van der Waals surface area (Å²) >= 11 is 0. The van der Waals surface area contributed by atoms with Gasteiger partial charge in [-0.15, -0.1) is 6.58 Å². The summed E-state index contributed by atoms with van der Waals surface area (Å²) in [6.07, 6.45) is 10.3. The highest BCUT2D eigenvalue weighted by Gasteiger charge is 2.70. The van der Waals surface area contributed by atoms with Crippen molar-refractivity contribution in [1.82, 2.24) is 26.2 Å². The van der Waals surface area contributed by atoms with Gasteiger partial charge in [0.1, 0.15) is 12.1 Å². The van der Waals surface area contributed by atoms with Crippen molar-refractivity contribution in [3.63, 3.8) is 0 Å². The van der Waals surface area contributed by atoms with Gasteiger partial charge < -0.3 is 26.2 Å². The van der Waals surface area contributed by atoms with Gasteiger partial charge in [-0.1, -0.05) is 79.2 Å². The number of piperidine rings is 1. The Morgan fingerprint density at radius 1 is 0.960 bits per heavy atom. The normalized spacial score (nSPS) is 29.0. The van der Waals surface area contributed by atoms with Crippen LogP contribution in [0.2, 0.25) is 0 Å². The maximum absolute atomic E-state index is 14.5. The Balaban J connectivity index is 1.35. The molecule has 2 heterocycles. The molecule has 6 atom stereocenters. The summed E-state index contributed by atoms with van der Waals surface area (Å²) in [5, 5.41) is 10.8. The predicted molar refractivity (Wildman–Crippen MR) is 191 cm³/mol. The highest BCUT2D eigenvalue weighted by atomic mass is 32.2. The van der Waals surface area contributed by atoms with E-state index in [-0.39, 0.29) is 29.5 Å².